The Balaban J connectivity index is 2.44. The number of nitrogens with one attached hydrogen (secondary N) is 1. The molecule has 0 radical (unpaired) electrons. The smallest absolute Gasteiger partial charge is 0.407 e. The van der Waals surface area contributed by atoms with Gasteiger partial charge in [-0.1, -0.05) is 0 Å². The summed E-state index contributed by atoms with van der Waals surface area (Å²) in [7, 11) is 0. The Morgan fingerprint density at radius 3 is 2.80 bits per heavy atom. The van der Waals surface area contributed by atoms with Crippen molar-refractivity contribution in [3.8, 4) is 0 Å². The van der Waals surface area contributed by atoms with Gasteiger partial charge in [-0.2, -0.15) is 0 Å². The standard InChI is InChI=1S/C9H11NO5/c1-2-14-9(13)10-5-6-3-4-7(15-6)8(11)12/h3-4H,2,5H2,1H3,(H,10,13)(H,11,12). The highest BCUT2D eigenvalue weighted by Gasteiger charge is 2.09. The first-order valence-electron chi connectivity index (χ1n) is 4.36. The Kier molecular flexibility index (Phi) is 3.73. The second-order valence-corrected chi connectivity index (χ2v) is 2.65. The molecule has 0 aliphatic rings. The van der Waals surface area contributed by atoms with Crippen molar-refractivity contribution in [1.82, 2.24) is 5.32 Å². The topological polar surface area (TPSA) is 88.8 Å². The molecule has 1 heterocycles. The highest BCUT2D eigenvalue weighted by atomic mass is 16.5. The van der Waals surface area contributed by atoms with E-state index in [1.54, 1.807) is 6.92 Å². The van der Waals surface area contributed by atoms with Crippen molar-refractivity contribution >= 4 is 12.1 Å². The molecule has 1 aromatic heterocycles. The van der Waals surface area contributed by atoms with Crippen molar-refractivity contribution in [2.75, 3.05) is 6.61 Å². The number of carbonyl (C=O) groups is 2. The van der Waals surface area contributed by atoms with Crippen LogP contribution >= 0.6 is 0 Å². The van der Waals surface area contributed by atoms with Crippen LogP contribution in [0.4, 0.5) is 4.79 Å². The average Bonchev–Trinajstić information content (AvgIpc) is 2.63. The molecule has 0 atom stereocenters. The van der Waals surface area contributed by atoms with Gasteiger partial charge in [0, 0.05) is 0 Å². The zero-order valence-electron chi connectivity index (χ0n) is 8.15. The van der Waals surface area contributed by atoms with Crippen LogP contribution < -0.4 is 5.32 Å². The van der Waals surface area contributed by atoms with Gasteiger partial charge in [-0.25, -0.2) is 9.59 Å². The van der Waals surface area contributed by atoms with Gasteiger partial charge < -0.3 is 19.6 Å². The zero-order chi connectivity index (χ0) is 11.3. The van der Waals surface area contributed by atoms with Crippen molar-refractivity contribution in [3.05, 3.63) is 23.7 Å². The summed E-state index contributed by atoms with van der Waals surface area (Å²) in [6.45, 7) is 2.07. The first kappa shape index (κ1) is 11.1. The fourth-order valence-corrected chi connectivity index (χ4v) is 0.929. The normalized spacial score (nSPS) is 9.67. The van der Waals surface area contributed by atoms with E-state index in [1.165, 1.54) is 12.1 Å². The number of hydrogen-bond acceptors (Lipinski definition) is 4. The molecule has 15 heavy (non-hydrogen) atoms. The molecule has 6 nitrogen and oxygen atoms in total. The SMILES string of the molecule is CCOC(=O)NCc1ccc(C(=O)O)o1. The van der Waals surface area contributed by atoms with Crippen molar-refractivity contribution in [2.45, 2.75) is 13.5 Å². The predicted molar refractivity (Wildman–Crippen MR) is 49.5 cm³/mol. The quantitative estimate of drug-likeness (QED) is 0.785. The summed E-state index contributed by atoms with van der Waals surface area (Å²) in [6, 6.07) is 2.81. The summed E-state index contributed by atoms with van der Waals surface area (Å²) < 4.78 is 9.51. The molecule has 0 aromatic carbocycles. The number of carboxylic acids is 1. The number of amides is 1. The highest BCUT2D eigenvalue weighted by Crippen LogP contribution is 2.07. The Morgan fingerprint density at radius 1 is 1.53 bits per heavy atom. The van der Waals surface area contributed by atoms with Gasteiger partial charge in [0.2, 0.25) is 5.76 Å². The number of carbonyl (C=O) groups excluding carboxylic acids is 1. The maximum atomic E-state index is 10.9. The molecular weight excluding hydrogens is 202 g/mol. The molecule has 0 spiro atoms. The summed E-state index contributed by atoms with van der Waals surface area (Å²) in [5.41, 5.74) is 0. The van der Waals surface area contributed by atoms with Crippen LogP contribution in [0.1, 0.15) is 23.2 Å². The first-order chi connectivity index (χ1) is 7.13. The minimum Gasteiger partial charge on any atom is -0.475 e. The molecule has 0 bridgehead atoms. The molecule has 0 saturated heterocycles. The molecule has 1 aromatic rings. The van der Waals surface area contributed by atoms with E-state index in [9.17, 15) is 9.59 Å². The minimum absolute atomic E-state index is 0.103. The Bertz CT molecular complexity index is 357. The molecule has 2 N–H and O–H groups in total. The Labute approximate surface area is 85.8 Å². The van der Waals surface area contributed by atoms with E-state index in [0.29, 0.717) is 5.76 Å². The Morgan fingerprint density at radius 2 is 2.27 bits per heavy atom. The van der Waals surface area contributed by atoms with Gasteiger partial charge in [0.05, 0.1) is 13.2 Å². The maximum Gasteiger partial charge on any atom is 0.407 e. The van der Waals surface area contributed by atoms with E-state index in [2.05, 4.69) is 10.1 Å². The maximum absolute atomic E-state index is 10.9. The van der Waals surface area contributed by atoms with Gasteiger partial charge in [-0.3, -0.25) is 0 Å². The van der Waals surface area contributed by atoms with Crippen LogP contribution in [0.5, 0.6) is 0 Å². The van der Waals surface area contributed by atoms with Crippen molar-refractivity contribution in [2.24, 2.45) is 0 Å². The number of carboxylic acid groups (broad SMARTS) is 1. The van der Waals surface area contributed by atoms with Crippen LogP contribution in [-0.2, 0) is 11.3 Å². The molecule has 1 amide bonds. The summed E-state index contributed by atoms with van der Waals surface area (Å²) in [5, 5.41) is 11.0. The van der Waals surface area contributed by atoms with Crippen LogP contribution in [0, 0.1) is 0 Å². The average molecular weight is 213 g/mol. The van der Waals surface area contributed by atoms with Crippen molar-refractivity contribution in [1.29, 1.82) is 0 Å². The Hall–Kier alpha value is -1.98. The number of ether oxygens (including phenoxy) is 1. The van der Waals surface area contributed by atoms with Gasteiger partial charge in [0.15, 0.2) is 0 Å². The third kappa shape index (κ3) is 3.34. The predicted octanol–water partition coefficient (Wildman–Crippen LogP) is 1.22. The number of aromatic carboxylic acids is 1. The molecule has 6 heteroatoms. The first-order valence-corrected chi connectivity index (χ1v) is 4.36. The molecule has 0 aliphatic heterocycles. The number of alkyl carbamates (subject to hydrolysis) is 1. The number of hydrogen-bond donors (Lipinski definition) is 2. The van der Waals surface area contributed by atoms with Gasteiger partial charge >= 0.3 is 12.1 Å². The lowest BCUT2D eigenvalue weighted by Crippen LogP contribution is -2.23. The van der Waals surface area contributed by atoms with E-state index in [4.69, 9.17) is 9.52 Å². The van der Waals surface area contributed by atoms with Crippen LogP contribution in [0.2, 0.25) is 0 Å². The molecule has 0 saturated carbocycles. The fraction of sp³-hybridized carbons (Fsp3) is 0.333. The molecule has 0 unspecified atom stereocenters. The molecule has 0 fully saturated rings. The van der Waals surface area contributed by atoms with Gasteiger partial charge in [-0.05, 0) is 19.1 Å². The van der Waals surface area contributed by atoms with E-state index in [0.717, 1.165) is 0 Å². The zero-order valence-corrected chi connectivity index (χ0v) is 8.15. The van der Waals surface area contributed by atoms with Crippen LogP contribution in [0.3, 0.4) is 0 Å². The van der Waals surface area contributed by atoms with Gasteiger partial charge in [0.1, 0.15) is 5.76 Å². The molecule has 82 valence electrons. The van der Waals surface area contributed by atoms with E-state index < -0.39 is 12.1 Å². The fourth-order valence-electron chi connectivity index (χ4n) is 0.929. The van der Waals surface area contributed by atoms with Gasteiger partial charge in [-0.15, -0.1) is 0 Å². The lowest BCUT2D eigenvalue weighted by Gasteiger charge is -2.02. The van der Waals surface area contributed by atoms with Crippen LogP contribution in [-0.4, -0.2) is 23.8 Å². The molecule has 0 aliphatic carbocycles. The summed E-state index contributed by atoms with van der Waals surface area (Å²) >= 11 is 0. The summed E-state index contributed by atoms with van der Waals surface area (Å²) in [6.07, 6.45) is -0.564. The number of furan rings is 1. The van der Waals surface area contributed by atoms with Gasteiger partial charge in [0.25, 0.3) is 0 Å². The van der Waals surface area contributed by atoms with E-state index in [1.807, 2.05) is 0 Å². The summed E-state index contributed by atoms with van der Waals surface area (Å²) in [5.74, 6) is -0.937. The highest BCUT2D eigenvalue weighted by molar-refractivity contribution is 5.84. The summed E-state index contributed by atoms with van der Waals surface area (Å²) in [4.78, 5) is 21.3. The van der Waals surface area contributed by atoms with E-state index >= 15 is 0 Å². The van der Waals surface area contributed by atoms with Crippen molar-refractivity contribution < 1.29 is 23.8 Å². The van der Waals surface area contributed by atoms with Crippen molar-refractivity contribution in [3.63, 3.8) is 0 Å². The van der Waals surface area contributed by atoms with E-state index in [-0.39, 0.29) is 18.9 Å². The molecular formula is C9H11NO5. The second-order valence-electron chi connectivity index (χ2n) is 2.65. The minimum atomic E-state index is -1.14. The lowest BCUT2D eigenvalue weighted by atomic mass is 10.4. The molecule has 1 rings (SSSR count). The number of rotatable bonds is 4. The largest absolute Gasteiger partial charge is 0.475 e. The third-order valence-corrected chi connectivity index (χ3v) is 1.55. The third-order valence-electron chi connectivity index (χ3n) is 1.55. The lowest BCUT2D eigenvalue weighted by molar-refractivity contribution is 0.0660. The monoisotopic (exact) mass is 213 g/mol. The van der Waals surface area contributed by atoms with Crippen LogP contribution in [0.25, 0.3) is 0 Å². The second kappa shape index (κ2) is 5.04. The van der Waals surface area contributed by atoms with Crippen LogP contribution in [0.15, 0.2) is 16.5 Å².